The fourth-order valence-corrected chi connectivity index (χ4v) is 0.660. The van der Waals surface area contributed by atoms with Crippen LogP contribution in [-0.2, 0) is 0 Å². The molecule has 9 heavy (non-hydrogen) atoms. The standard InChI is InChI=1S/C5H8ClN3/c1-3-2-4(7)8-9-5(3)6/h2,8-9H,7H2,1H3. The summed E-state index contributed by atoms with van der Waals surface area (Å²) in [6.45, 7) is 1.88. The largest absolute Gasteiger partial charge is 0.384 e. The zero-order valence-electron chi connectivity index (χ0n) is 5.03. The molecule has 0 aromatic carbocycles. The van der Waals surface area contributed by atoms with Crippen molar-refractivity contribution in [3.63, 3.8) is 0 Å². The minimum atomic E-state index is 0.580. The van der Waals surface area contributed by atoms with E-state index in [0.717, 1.165) is 5.57 Å². The lowest BCUT2D eigenvalue weighted by Crippen LogP contribution is -2.35. The number of nitrogens with two attached hydrogens (primary N) is 1. The van der Waals surface area contributed by atoms with Gasteiger partial charge in [-0.3, -0.25) is 10.9 Å². The van der Waals surface area contributed by atoms with Gasteiger partial charge in [0.05, 0.1) is 0 Å². The lowest BCUT2D eigenvalue weighted by molar-refractivity contribution is 0.689. The van der Waals surface area contributed by atoms with Crippen molar-refractivity contribution in [1.29, 1.82) is 0 Å². The molecule has 4 N–H and O–H groups in total. The van der Waals surface area contributed by atoms with E-state index in [2.05, 4.69) is 10.9 Å². The molecule has 0 atom stereocenters. The molecule has 1 heterocycles. The average molecular weight is 146 g/mol. The van der Waals surface area contributed by atoms with Gasteiger partial charge in [-0.2, -0.15) is 0 Å². The van der Waals surface area contributed by atoms with E-state index in [4.69, 9.17) is 17.3 Å². The fraction of sp³-hybridized carbons (Fsp3) is 0.200. The SMILES string of the molecule is CC1=C(Cl)NNC(N)=C1. The Morgan fingerprint density at radius 3 is 2.67 bits per heavy atom. The summed E-state index contributed by atoms with van der Waals surface area (Å²) in [7, 11) is 0. The number of hydrogen-bond donors (Lipinski definition) is 3. The molecule has 0 aliphatic carbocycles. The van der Waals surface area contributed by atoms with Crippen LogP contribution in [0.1, 0.15) is 6.92 Å². The summed E-state index contributed by atoms with van der Waals surface area (Å²) < 4.78 is 0. The Balaban J connectivity index is 2.83. The molecule has 0 radical (unpaired) electrons. The van der Waals surface area contributed by atoms with Gasteiger partial charge in [-0.25, -0.2) is 0 Å². The number of hydrazine groups is 1. The summed E-state index contributed by atoms with van der Waals surface area (Å²) in [5, 5.41) is 0.587. The minimum absolute atomic E-state index is 0.580. The van der Waals surface area contributed by atoms with Crippen LogP contribution in [0.5, 0.6) is 0 Å². The Morgan fingerprint density at radius 2 is 2.22 bits per heavy atom. The van der Waals surface area contributed by atoms with Crippen LogP contribution in [0.4, 0.5) is 0 Å². The zero-order chi connectivity index (χ0) is 6.85. The Hall–Kier alpha value is -0.830. The third-order valence-corrected chi connectivity index (χ3v) is 1.43. The molecule has 0 aromatic heterocycles. The van der Waals surface area contributed by atoms with E-state index >= 15 is 0 Å². The van der Waals surface area contributed by atoms with E-state index in [1.807, 2.05) is 6.92 Å². The van der Waals surface area contributed by atoms with Crippen LogP contribution >= 0.6 is 11.6 Å². The Labute approximate surface area is 58.5 Å². The normalized spacial score (nSPS) is 18.2. The molecule has 0 aromatic rings. The van der Waals surface area contributed by atoms with Gasteiger partial charge in [-0.1, -0.05) is 11.6 Å². The molecule has 4 heteroatoms. The number of rotatable bonds is 0. The van der Waals surface area contributed by atoms with Crippen molar-refractivity contribution in [1.82, 2.24) is 10.9 Å². The van der Waals surface area contributed by atoms with Crippen molar-refractivity contribution in [2.75, 3.05) is 0 Å². The highest BCUT2D eigenvalue weighted by atomic mass is 35.5. The lowest BCUT2D eigenvalue weighted by Gasteiger charge is -2.14. The molecule has 1 aliphatic heterocycles. The number of halogens is 1. The van der Waals surface area contributed by atoms with Gasteiger partial charge in [0.2, 0.25) is 0 Å². The van der Waals surface area contributed by atoms with Crippen LogP contribution in [0, 0.1) is 0 Å². The maximum atomic E-state index is 5.64. The van der Waals surface area contributed by atoms with Crippen molar-refractivity contribution in [2.24, 2.45) is 5.73 Å². The maximum Gasteiger partial charge on any atom is 0.123 e. The quantitative estimate of drug-likeness (QED) is 0.432. The van der Waals surface area contributed by atoms with Crippen LogP contribution < -0.4 is 16.6 Å². The molecule has 50 valence electrons. The molecular weight excluding hydrogens is 138 g/mol. The second-order valence-corrected chi connectivity index (χ2v) is 2.22. The van der Waals surface area contributed by atoms with E-state index in [1.54, 1.807) is 6.08 Å². The van der Waals surface area contributed by atoms with Crippen molar-refractivity contribution >= 4 is 11.6 Å². The van der Waals surface area contributed by atoms with Crippen LogP contribution in [0.2, 0.25) is 0 Å². The first-order chi connectivity index (χ1) is 4.20. The monoisotopic (exact) mass is 145 g/mol. The molecule has 0 amide bonds. The molecule has 3 nitrogen and oxygen atoms in total. The zero-order valence-corrected chi connectivity index (χ0v) is 5.79. The molecule has 0 saturated heterocycles. The number of allylic oxidation sites excluding steroid dienone is 2. The molecule has 0 saturated carbocycles. The van der Waals surface area contributed by atoms with Gasteiger partial charge in [0.25, 0.3) is 0 Å². The number of nitrogens with one attached hydrogen (secondary N) is 2. The van der Waals surface area contributed by atoms with Gasteiger partial charge in [0, 0.05) is 0 Å². The molecule has 0 bridgehead atoms. The van der Waals surface area contributed by atoms with Gasteiger partial charge in [-0.05, 0) is 18.6 Å². The van der Waals surface area contributed by atoms with Crippen LogP contribution in [0.15, 0.2) is 22.6 Å². The summed E-state index contributed by atoms with van der Waals surface area (Å²) in [5.41, 5.74) is 11.7. The fourth-order valence-electron chi connectivity index (χ4n) is 0.558. The van der Waals surface area contributed by atoms with Crippen molar-refractivity contribution < 1.29 is 0 Å². The van der Waals surface area contributed by atoms with Crippen molar-refractivity contribution in [3.05, 3.63) is 22.6 Å². The van der Waals surface area contributed by atoms with Gasteiger partial charge >= 0.3 is 0 Å². The molecule has 0 unspecified atom stereocenters. The predicted molar refractivity (Wildman–Crippen MR) is 37.1 cm³/mol. The van der Waals surface area contributed by atoms with Crippen molar-refractivity contribution in [3.8, 4) is 0 Å². The highest BCUT2D eigenvalue weighted by Crippen LogP contribution is 2.09. The minimum Gasteiger partial charge on any atom is -0.384 e. The summed E-state index contributed by atoms with van der Waals surface area (Å²) in [6.07, 6.45) is 1.76. The Morgan fingerprint density at radius 1 is 1.56 bits per heavy atom. The summed E-state index contributed by atoms with van der Waals surface area (Å²) in [4.78, 5) is 0. The number of hydrogen-bond acceptors (Lipinski definition) is 3. The van der Waals surface area contributed by atoms with Gasteiger partial charge < -0.3 is 5.73 Å². The van der Waals surface area contributed by atoms with E-state index in [1.165, 1.54) is 0 Å². The van der Waals surface area contributed by atoms with E-state index < -0.39 is 0 Å². The average Bonchev–Trinajstić information content (AvgIpc) is 1.80. The van der Waals surface area contributed by atoms with E-state index in [0.29, 0.717) is 11.0 Å². The molecule has 1 aliphatic rings. The Kier molecular flexibility index (Phi) is 1.53. The van der Waals surface area contributed by atoms with Crippen LogP contribution in [0.25, 0.3) is 0 Å². The lowest BCUT2D eigenvalue weighted by atomic mass is 10.3. The molecule has 0 fully saturated rings. The second kappa shape index (κ2) is 2.19. The highest BCUT2D eigenvalue weighted by molar-refractivity contribution is 6.29. The molecule has 0 spiro atoms. The first-order valence-corrected chi connectivity index (χ1v) is 2.93. The van der Waals surface area contributed by atoms with Gasteiger partial charge in [0.15, 0.2) is 0 Å². The van der Waals surface area contributed by atoms with E-state index in [9.17, 15) is 0 Å². The third kappa shape index (κ3) is 1.29. The second-order valence-electron chi connectivity index (χ2n) is 1.85. The van der Waals surface area contributed by atoms with E-state index in [-0.39, 0.29) is 0 Å². The smallest absolute Gasteiger partial charge is 0.123 e. The first-order valence-electron chi connectivity index (χ1n) is 2.56. The summed E-state index contributed by atoms with van der Waals surface area (Å²) in [5.74, 6) is 0.580. The Bertz CT molecular complexity index is 183. The highest BCUT2D eigenvalue weighted by Gasteiger charge is 2.02. The maximum absolute atomic E-state index is 5.64. The molecular formula is C5H8ClN3. The summed E-state index contributed by atoms with van der Waals surface area (Å²) >= 11 is 5.64. The van der Waals surface area contributed by atoms with Gasteiger partial charge in [-0.15, -0.1) is 0 Å². The summed E-state index contributed by atoms with van der Waals surface area (Å²) in [6, 6.07) is 0. The first kappa shape index (κ1) is 6.29. The predicted octanol–water partition coefficient (Wildman–Crippen LogP) is 0.365. The third-order valence-electron chi connectivity index (χ3n) is 1.03. The van der Waals surface area contributed by atoms with Crippen molar-refractivity contribution in [2.45, 2.75) is 6.92 Å². The molecule has 1 rings (SSSR count). The van der Waals surface area contributed by atoms with Gasteiger partial charge in [0.1, 0.15) is 11.0 Å². The van der Waals surface area contributed by atoms with Crippen LogP contribution in [0.3, 0.4) is 0 Å². The van der Waals surface area contributed by atoms with Crippen LogP contribution in [-0.4, -0.2) is 0 Å². The topological polar surface area (TPSA) is 50.1 Å².